The standard InChI is InChI=1S/C10H12FNO4S/c1-7(10(13)14)17(15,16)12-6-8-3-2-4-9(11)5-8/h2-5,7,12H,6H2,1H3,(H,13,14). The summed E-state index contributed by atoms with van der Waals surface area (Å²) in [5.74, 6) is -1.91. The summed E-state index contributed by atoms with van der Waals surface area (Å²) < 4.78 is 37.8. The van der Waals surface area contributed by atoms with Gasteiger partial charge in [0.25, 0.3) is 0 Å². The van der Waals surface area contributed by atoms with Crippen molar-refractivity contribution in [1.29, 1.82) is 0 Å². The Labute approximate surface area is 98.3 Å². The van der Waals surface area contributed by atoms with Gasteiger partial charge in [-0.2, -0.15) is 0 Å². The van der Waals surface area contributed by atoms with Crippen molar-refractivity contribution in [2.75, 3.05) is 0 Å². The monoisotopic (exact) mass is 261 g/mol. The van der Waals surface area contributed by atoms with Gasteiger partial charge in [-0.1, -0.05) is 12.1 Å². The highest BCUT2D eigenvalue weighted by Gasteiger charge is 2.26. The molecule has 5 nitrogen and oxygen atoms in total. The highest BCUT2D eigenvalue weighted by Crippen LogP contribution is 2.05. The summed E-state index contributed by atoms with van der Waals surface area (Å²) in [7, 11) is -3.94. The third-order valence-corrected chi connectivity index (χ3v) is 3.86. The molecule has 0 bridgehead atoms. The Hall–Kier alpha value is -1.47. The van der Waals surface area contributed by atoms with Crippen LogP contribution in [0.5, 0.6) is 0 Å². The van der Waals surface area contributed by atoms with Crippen LogP contribution in [0.25, 0.3) is 0 Å². The van der Waals surface area contributed by atoms with Crippen molar-refractivity contribution in [2.45, 2.75) is 18.7 Å². The molecule has 94 valence electrons. The van der Waals surface area contributed by atoms with Crippen LogP contribution in [0.4, 0.5) is 4.39 Å². The van der Waals surface area contributed by atoms with Crippen molar-refractivity contribution in [2.24, 2.45) is 0 Å². The molecule has 1 aromatic rings. The molecule has 7 heteroatoms. The van der Waals surface area contributed by atoms with Gasteiger partial charge < -0.3 is 5.11 Å². The fourth-order valence-corrected chi connectivity index (χ4v) is 1.97. The second-order valence-electron chi connectivity index (χ2n) is 3.48. The lowest BCUT2D eigenvalue weighted by atomic mass is 10.2. The van der Waals surface area contributed by atoms with Crippen molar-refractivity contribution >= 4 is 16.0 Å². The van der Waals surface area contributed by atoms with Gasteiger partial charge in [-0.25, -0.2) is 17.5 Å². The maximum Gasteiger partial charge on any atom is 0.323 e. The molecule has 0 saturated heterocycles. The van der Waals surface area contributed by atoms with E-state index in [4.69, 9.17) is 5.11 Å². The van der Waals surface area contributed by atoms with Crippen LogP contribution in [0.3, 0.4) is 0 Å². The molecule has 2 N–H and O–H groups in total. The van der Waals surface area contributed by atoms with Gasteiger partial charge in [0.1, 0.15) is 5.82 Å². The molecule has 1 unspecified atom stereocenters. The molecule has 0 radical (unpaired) electrons. The number of nitrogens with one attached hydrogen (secondary N) is 1. The Balaban J connectivity index is 2.71. The van der Waals surface area contributed by atoms with E-state index >= 15 is 0 Å². The summed E-state index contributed by atoms with van der Waals surface area (Å²) in [4.78, 5) is 10.5. The third kappa shape index (κ3) is 3.79. The van der Waals surface area contributed by atoms with Crippen molar-refractivity contribution in [1.82, 2.24) is 4.72 Å². The minimum absolute atomic E-state index is 0.141. The molecule has 0 aromatic heterocycles. The molecule has 1 atom stereocenters. The topological polar surface area (TPSA) is 83.5 Å². The fourth-order valence-electron chi connectivity index (χ4n) is 1.09. The van der Waals surface area contributed by atoms with E-state index in [1.165, 1.54) is 24.3 Å². The van der Waals surface area contributed by atoms with Gasteiger partial charge >= 0.3 is 5.97 Å². The van der Waals surface area contributed by atoms with E-state index in [1.807, 2.05) is 0 Å². The van der Waals surface area contributed by atoms with Gasteiger partial charge in [0.05, 0.1) is 0 Å². The van der Waals surface area contributed by atoms with Crippen LogP contribution in [0, 0.1) is 5.82 Å². The number of benzene rings is 1. The minimum Gasteiger partial charge on any atom is -0.480 e. The highest BCUT2D eigenvalue weighted by molar-refractivity contribution is 7.90. The van der Waals surface area contributed by atoms with Gasteiger partial charge in [-0.3, -0.25) is 4.79 Å². The number of carbonyl (C=O) groups is 1. The summed E-state index contributed by atoms with van der Waals surface area (Å²) in [5.41, 5.74) is 0.422. The van der Waals surface area contributed by atoms with E-state index in [-0.39, 0.29) is 6.54 Å². The number of halogens is 1. The zero-order chi connectivity index (χ0) is 13.1. The van der Waals surface area contributed by atoms with E-state index in [9.17, 15) is 17.6 Å². The largest absolute Gasteiger partial charge is 0.480 e. The molecule has 0 amide bonds. The zero-order valence-electron chi connectivity index (χ0n) is 9.05. The number of hydrogen-bond donors (Lipinski definition) is 2. The first kappa shape index (κ1) is 13.6. The van der Waals surface area contributed by atoms with Crippen molar-refractivity contribution in [3.8, 4) is 0 Å². The van der Waals surface area contributed by atoms with E-state index in [2.05, 4.69) is 4.72 Å². The average molecular weight is 261 g/mol. The number of sulfonamides is 1. The number of carboxylic acid groups (broad SMARTS) is 1. The molecule has 0 spiro atoms. The molecule has 0 aliphatic rings. The Morgan fingerprint density at radius 1 is 1.53 bits per heavy atom. The SMILES string of the molecule is CC(C(=O)O)S(=O)(=O)NCc1cccc(F)c1. The van der Waals surface area contributed by atoms with Crippen LogP contribution in [0.15, 0.2) is 24.3 Å². The second-order valence-corrected chi connectivity index (χ2v) is 5.56. The second kappa shape index (κ2) is 5.24. The zero-order valence-corrected chi connectivity index (χ0v) is 9.87. The van der Waals surface area contributed by atoms with Crippen LogP contribution in [-0.2, 0) is 21.4 Å². The van der Waals surface area contributed by atoms with Gasteiger partial charge in [-0.05, 0) is 24.6 Å². The van der Waals surface area contributed by atoms with Gasteiger partial charge in [0.2, 0.25) is 10.0 Å². The maximum absolute atomic E-state index is 12.8. The average Bonchev–Trinajstić information content (AvgIpc) is 2.25. The van der Waals surface area contributed by atoms with Crippen LogP contribution in [-0.4, -0.2) is 24.7 Å². The molecule has 0 aliphatic carbocycles. The summed E-state index contributed by atoms with van der Waals surface area (Å²) >= 11 is 0. The molecule has 0 aliphatic heterocycles. The molecule has 0 fully saturated rings. The number of aliphatic carboxylic acids is 1. The smallest absolute Gasteiger partial charge is 0.323 e. The Bertz CT molecular complexity index is 515. The maximum atomic E-state index is 12.8. The molecule has 0 heterocycles. The highest BCUT2D eigenvalue weighted by atomic mass is 32.2. The summed E-state index contributed by atoms with van der Waals surface area (Å²) in [5, 5.41) is 7.03. The number of rotatable bonds is 5. The lowest BCUT2D eigenvalue weighted by molar-refractivity contribution is -0.136. The Morgan fingerprint density at radius 3 is 2.71 bits per heavy atom. The fraction of sp³-hybridized carbons (Fsp3) is 0.300. The summed E-state index contributed by atoms with van der Waals surface area (Å²) in [6, 6.07) is 5.39. The first-order valence-electron chi connectivity index (χ1n) is 4.78. The van der Waals surface area contributed by atoms with Gasteiger partial charge in [-0.15, -0.1) is 0 Å². The van der Waals surface area contributed by atoms with E-state index in [0.717, 1.165) is 6.92 Å². The van der Waals surface area contributed by atoms with Gasteiger partial charge in [0, 0.05) is 6.54 Å². The number of carboxylic acids is 1. The molecular weight excluding hydrogens is 249 g/mol. The van der Waals surface area contributed by atoms with Crippen LogP contribution in [0.1, 0.15) is 12.5 Å². The Morgan fingerprint density at radius 2 is 2.18 bits per heavy atom. The predicted octanol–water partition coefficient (Wildman–Crippen LogP) is 0.718. The van der Waals surface area contributed by atoms with Crippen molar-refractivity contribution < 1.29 is 22.7 Å². The van der Waals surface area contributed by atoms with Crippen molar-refractivity contribution in [3.63, 3.8) is 0 Å². The first-order valence-corrected chi connectivity index (χ1v) is 6.33. The van der Waals surface area contributed by atoms with E-state index in [0.29, 0.717) is 5.56 Å². The molecular formula is C10H12FNO4S. The van der Waals surface area contributed by atoms with Gasteiger partial charge in [0.15, 0.2) is 5.25 Å². The minimum atomic E-state index is -3.94. The molecule has 1 aromatic carbocycles. The third-order valence-electron chi connectivity index (χ3n) is 2.18. The lowest BCUT2D eigenvalue weighted by Gasteiger charge is -2.10. The van der Waals surface area contributed by atoms with E-state index in [1.54, 1.807) is 0 Å². The van der Waals surface area contributed by atoms with Crippen LogP contribution >= 0.6 is 0 Å². The van der Waals surface area contributed by atoms with Crippen LogP contribution < -0.4 is 4.72 Å². The van der Waals surface area contributed by atoms with Crippen LogP contribution in [0.2, 0.25) is 0 Å². The lowest BCUT2D eigenvalue weighted by Crippen LogP contribution is -2.37. The first-order chi connectivity index (χ1) is 7.83. The van der Waals surface area contributed by atoms with E-state index < -0.39 is 27.1 Å². The summed E-state index contributed by atoms with van der Waals surface area (Å²) in [6.07, 6.45) is 0. The Kier molecular flexibility index (Phi) is 4.19. The number of hydrogen-bond acceptors (Lipinski definition) is 3. The molecule has 0 saturated carbocycles. The quantitative estimate of drug-likeness (QED) is 0.818. The predicted molar refractivity (Wildman–Crippen MR) is 59.3 cm³/mol. The normalized spacial score (nSPS) is 13.3. The summed E-state index contributed by atoms with van der Waals surface area (Å²) in [6.45, 7) is 0.925. The molecule has 17 heavy (non-hydrogen) atoms. The molecule has 1 rings (SSSR count). The van der Waals surface area contributed by atoms with Crippen molar-refractivity contribution in [3.05, 3.63) is 35.6 Å².